The van der Waals surface area contributed by atoms with Crippen molar-refractivity contribution in [1.82, 2.24) is 4.90 Å². The van der Waals surface area contributed by atoms with Crippen molar-refractivity contribution in [3.8, 4) is 0 Å². The second-order valence-electron chi connectivity index (χ2n) is 13.1. The van der Waals surface area contributed by atoms with Crippen LogP contribution < -0.4 is 5.73 Å². The monoisotopic (exact) mass is 543 g/mol. The molecule has 0 bridgehead atoms. The van der Waals surface area contributed by atoms with Gasteiger partial charge in [0.05, 0.1) is 0 Å². The highest BCUT2D eigenvalue weighted by Crippen LogP contribution is 2.37. The van der Waals surface area contributed by atoms with E-state index in [0.717, 1.165) is 25.7 Å². The van der Waals surface area contributed by atoms with Gasteiger partial charge < -0.3 is 19.5 Å². The topological polar surface area (TPSA) is 106 Å². The van der Waals surface area contributed by atoms with Crippen molar-refractivity contribution in [2.24, 2.45) is 5.73 Å². The van der Waals surface area contributed by atoms with Crippen LogP contribution in [-0.4, -0.2) is 65.4 Å². The van der Waals surface area contributed by atoms with Crippen molar-refractivity contribution in [3.63, 3.8) is 0 Å². The third-order valence-electron chi connectivity index (χ3n) is 7.90. The third kappa shape index (κ3) is 14.0. The van der Waals surface area contributed by atoms with E-state index in [1.807, 2.05) is 0 Å². The van der Waals surface area contributed by atoms with Crippen LogP contribution in [0.5, 0.6) is 0 Å². The van der Waals surface area contributed by atoms with Gasteiger partial charge in [0.2, 0.25) is 0 Å². The van der Waals surface area contributed by atoms with Crippen LogP contribution >= 0.6 is 0 Å². The van der Waals surface area contributed by atoms with Crippen molar-refractivity contribution < 1.29 is 18.4 Å². The first-order valence-corrected chi connectivity index (χ1v) is 19.5. The summed E-state index contributed by atoms with van der Waals surface area (Å²) in [5.41, 5.74) is 5.70. The van der Waals surface area contributed by atoms with Gasteiger partial charge in [-0.1, -0.05) is 41.5 Å². The highest BCUT2D eigenvalue weighted by atomic mass is 28.4. The summed E-state index contributed by atoms with van der Waals surface area (Å²) in [6.07, 6.45) is 5.11. The minimum absolute atomic E-state index is 0.0823. The maximum atomic E-state index is 12.3. The summed E-state index contributed by atoms with van der Waals surface area (Å²) < 4.78 is 12.3. The summed E-state index contributed by atoms with van der Waals surface area (Å²) in [6.45, 7) is 24.5. The molecule has 0 spiro atoms. The molecular weight excluding hydrogens is 486 g/mol. The molecule has 3 N–H and O–H groups in total. The van der Waals surface area contributed by atoms with E-state index >= 15 is 0 Å². The standard InChI is InChI=1S/C27H57N3O4Si2/c1-26(2,3)35(7,8)33-21-13-11-15-23(31)17-19-30(25(28)29)20-18-24(32)16-12-14-22-34-36(9,10)27(4,5)6/h11-22H2,1-10H3,(H3,28,29). The van der Waals surface area contributed by atoms with Crippen LogP contribution in [0, 0.1) is 5.41 Å². The molecule has 0 fully saturated rings. The number of nitrogens with one attached hydrogen (secondary N) is 1. The lowest BCUT2D eigenvalue weighted by atomic mass is 10.1. The number of rotatable bonds is 18. The maximum Gasteiger partial charge on any atom is 0.191 e. The van der Waals surface area contributed by atoms with Gasteiger partial charge in [-0.15, -0.1) is 0 Å². The van der Waals surface area contributed by atoms with Crippen LogP contribution in [0.3, 0.4) is 0 Å². The quantitative estimate of drug-likeness (QED) is 0.0886. The first kappa shape index (κ1) is 35.0. The van der Waals surface area contributed by atoms with Crippen LogP contribution in [0.4, 0.5) is 0 Å². The van der Waals surface area contributed by atoms with E-state index in [0.29, 0.717) is 52.0 Å². The molecule has 0 atom stereocenters. The average molecular weight is 544 g/mol. The molecule has 7 nitrogen and oxygen atoms in total. The molecule has 0 rings (SSSR count). The predicted molar refractivity (Wildman–Crippen MR) is 157 cm³/mol. The molecule has 0 aromatic heterocycles. The van der Waals surface area contributed by atoms with Crippen LogP contribution in [-0.2, 0) is 18.4 Å². The second kappa shape index (κ2) is 15.4. The second-order valence-corrected chi connectivity index (χ2v) is 22.7. The van der Waals surface area contributed by atoms with E-state index in [2.05, 4.69) is 67.7 Å². The summed E-state index contributed by atoms with van der Waals surface area (Å²) >= 11 is 0. The van der Waals surface area contributed by atoms with Crippen LogP contribution in [0.2, 0.25) is 36.3 Å². The third-order valence-corrected chi connectivity index (χ3v) is 17.0. The number of guanidine groups is 1. The SMILES string of the molecule is CC(C)(C)[Si](C)(C)OCCCCC(=O)CCN(CCC(=O)CCCCO[Si](C)(C)C(C)(C)C)C(=N)N. The maximum absolute atomic E-state index is 12.3. The molecule has 9 heteroatoms. The van der Waals surface area contributed by atoms with Gasteiger partial charge in [-0.25, -0.2) is 0 Å². The van der Waals surface area contributed by atoms with Gasteiger partial charge in [0.25, 0.3) is 0 Å². The fourth-order valence-corrected chi connectivity index (χ4v) is 5.23. The summed E-state index contributed by atoms with van der Waals surface area (Å²) in [5, 5.41) is 8.19. The number of carbonyl (C=O) groups is 2. The molecular formula is C27H57N3O4Si2. The van der Waals surface area contributed by atoms with Gasteiger partial charge in [0.1, 0.15) is 11.6 Å². The Labute approximate surface area is 224 Å². The highest BCUT2D eigenvalue weighted by molar-refractivity contribution is 6.74. The number of unbranched alkanes of at least 4 members (excludes halogenated alkanes) is 2. The lowest BCUT2D eigenvalue weighted by Gasteiger charge is -2.36. The van der Waals surface area contributed by atoms with Gasteiger partial charge in [-0.2, -0.15) is 0 Å². The Morgan fingerprint density at radius 2 is 1.03 bits per heavy atom. The number of ketones is 2. The van der Waals surface area contributed by atoms with Crippen molar-refractivity contribution >= 4 is 34.2 Å². The van der Waals surface area contributed by atoms with Gasteiger partial charge in [-0.05, 0) is 61.9 Å². The van der Waals surface area contributed by atoms with Crippen LogP contribution in [0.1, 0.15) is 92.9 Å². The van der Waals surface area contributed by atoms with Crippen LogP contribution in [0.15, 0.2) is 0 Å². The molecule has 0 aromatic rings. The van der Waals surface area contributed by atoms with E-state index in [4.69, 9.17) is 20.0 Å². The Hall–Kier alpha value is -1.04. The predicted octanol–water partition coefficient (Wildman–Crippen LogP) is 6.48. The van der Waals surface area contributed by atoms with Crippen LogP contribution in [0.25, 0.3) is 0 Å². The Kier molecular flexibility index (Phi) is 15.0. The molecule has 0 radical (unpaired) electrons. The lowest BCUT2D eigenvalue weighted by molar-refractivity contribution is -0.119. The number of Topliss-reactive ketones (excluding diaryl/α,β-unsaturated/α-hetero) is 2. The first-order chi connectivity index (χ1) is 16.3. The summed E-state index contributed by atoms with van der Waals surface area (Å²) in [7, 11) is -3.46. The van der Waals surface area contributed by atoms with Crippen molar-refractivity contribution in [2.45, 2.75) is 129 Å². The number of nitrogens with two attached hydrogens (primary N) is 1. The zero-order chi connectivity index (χ0) is 28.2. The zero-order valence-electron chi connectivity index (χ0n) is 25.1. The summed E-state index contributed by atoms with van der Waals surface area (Å²) in [4.78, 5) is 26.3. The Bertz CT molecular complexity index is 646. The smallest absolute Gasteiger partial charge is 0.191 e. The largest absolute Gasteiger partial charge is 0.417 e. The highest BCUT2D eigenvalue weighted by Gasteiger charge is 2.37. The number of hydrogen-bond acceptors (Lipinski definition) is 5. The fourth-order valence-electron chi connectivity index (χ4n) is 3.06. The van der Waals surface area contributed by atoms with Crippen molar-refractivity contribution in [2.75, 3.05) is 26.3 Å². The zero-order valence-corrected chi connectivity index (χ0v) is 27.1. The van der Waals surface area contributed by atoms with Gasteiger partial charge in [0.15, 0.2) is 22.6 Å². The minimum Gasteiger partial charge on any atom is -0.417 e. The molecule has 212 valence electrons. The van der Waals surface area contributed by atoms with E-state index in [1.165, 1.54) is 0 Å². The molecule has 0 aliphatic heterocycles. The number of nitrogens with zero attached hydrogens (tertiary/aromatic N) is 1. The molecule has 0 aliphatic carbocycles. The molecule has 0 unspecified atom stereocenters. The molecule has 0 heterocycles. The minimum atomic E-state index is -1.73. The number of carbonyl (C=O) groups excluding carboxylic acids is 2. The molecule has 0 saturated carbocycles. The van der Waals surface area contributed by atoms with Crippen molar-refractivity contribution in [1.29, 1.82) is 5.41 Å². The van der Waals surface area contributed by atoms with Gasteiger partial charge in [-0.3, -0.25) is 15.0 Å². The first-order valence-electron chi connectivity index (χ1n) is 13.7. The van der Waals surface area contributed by atoms with E-state index < -0.39 is 16.6 Å². The molecule has 0 saturated heterocycles. The normalized spacial score (nSPS) is 13.1. The van der Waals surface area contributed by atoms with Gasteiger partial charge >= 0.3 is 0 Å². The molecule has 0 aromatic carbocycles. The molecule has 36 heavy (non-hydrogen) atoms. The molecule has 0 amide bonds. The number of hydrogen-bond donors (Lipinski definition) is 2. The van der Waals surface area contributed by atoms with E-state index in [1.54, 1.807) is 4.90 Å². The molecule has 0 aliphatic rings. The Morgan fingerprint density at radius 1 is 0.694 bits per heavy atom. The average Bonchev–Trinajstić information content (AvgIpc) is 2.71. The van der Waals surface area contributed by atoms with E-state index in [9.17, 15) is 9.59 Å². The summed E-state index contributed by atoms with van der Waals surface area (Å²) in [6, 6.07) is 0. The van der Waals surface area contributed by atoms with E-state index in [-0.39, 0.29) is 27.6 Å². The van der Waals surface area contributed by atoms with Crippen molar-refractivity contribution in [3.05, 3.63) is 0 Å². The lowest BCUT2D eigenvalue weighted by Crippen LogP contribution is -2.41. The Morgan fingerprint density at radius 3 is 1.31 bits per heavy atom. The fraction of sp³-hybridized carbons (Fsp3) is 0.889. The Balaban J connectivity index is 4.15. The van der Waals surface area contributed by atoms with Gasteiger partial charge in [0, 0.05) is 52.0 Å². The summed E-state index contributed by atoms with van der Waals surface area (Å²) in [5.74, 6) is 0.254.